The van der Waals surface area contributed by atoms with E-state index in [4.69, 9.17) is 14.2 Å². The molecule has 0 rings (SSSR count). The van der Waals surface area contributed by atoms with Crippen LogP contribution in [0.5, 0.6) is 0 Å². The van der Waals surface area contributed by atoms with Crippen molar-refractivity contribution in [2.45, 2.75) is 264 Å². The SMILES string of the molecule is CC\C=C/C=C\C=C/C=C\C=C\C=C/CCCCCC(=O)OC(COC(=O)CCCCCCC/C=C\C=C/CCCCCCCCC)COC(=O)CCCCCCCCCCCCCCCCC. The number of ether oxygens (including phenoxy) is 3. The maximum absolute atomic E-state index is 12.8. The van der Waals surface area contributed by atoms with E-state index in [9.17, 15) is 14.4 Å². The number of hydrogen-bond donors (Lipinski definition) is 0. The van der Waals surface area contributed by atoms with Crippen LogP contribution in [-0.4, -0.2) is 37.2 Å². The summed E-state index contributed by atoms with van der Waals surface area (Å²) in [5, 5.41) is 0. The van der Waals surface area contributed by atoms with E-state index in [1.54, 1.807) is 0 Å². The minimum Gasteiger partial charge on any atom is -0.462 e. The standard InChI is InChI=1S/C62H104O6/c1-4-7-10-13-16-19-22-25-28-30-32-34-37-40-43-46-49-52-55-61(64)67-58-59(57-66-60(63)54-51-48-45-42-39-36-33-27-24-21-18-15-12-9-6-3)68-62(65)56-53-50-47-44-41-38-35-31-29-26-23-20-17-14-11-8-5-2/h8,11,14,17,20,23,26,28-32,34-35,38,41,59H,4-7,9-10,12-13,15-16,18-19,21-22,24-25,27,33,36-37,39-40,42-58H2,1-3H3/b11-8-,17-14-,23-20-,29-26-,30-28-,34-32-,35-31+,41-38-. The van der Waals surface area contributed by atoms with E-state index in [0.29, 0.717) is 19.3 Å². The molecule has 0 aliphatic rings. The summed E-state index contributed by atoms with van der Waals surface area (Å²) in [7, 11) is 0. The van der Waals surface area contributed by atoms with Gasteiger partial charge in [-0.3, -0.25) is 14.4 Å². The molecule has 6 nitrogen and oxygen atoms in total. The van der Waals surface area contributed by atoms with Crippen LogP contribution in [0.25, 0.3) is 0 Å². The highest BCUT2D eigenvalue weighted by Gasteiger charge is 2.19. The van der Waals surface area contributed by atoms with Crippen molar-refractivity contribution < 1.29 is 28.6 Å². The molecule has 0 amide bonds. The van der Waals surface area contributed by atoms with E-state index in [1.165, 1.54) is 128 Å². The largest absolute Gasteiger partial charge is 0.462 e. The van der Waals surface area contributed by atoms with Crippen molar-refractivity contribution in [2.24, 2.45) is 0 Å². The number of allylic oxidation sites excluding steroid dienone is 16. The molecule has 0 radical (unpaired) electrons. The molecule has 0 saturated heterocycles. The van der Waals surface area contributed by atoms with Gasteiger partial charge in [-0.2, -0.15) is 0 Å². The molecule has 0 spiro atoms. The molecule has 6 heteroatoms. The van der Waals surface area contributed by atoms with E-state index in [2.05, 4.69) is 57.2 Å². The molecule has 0 aromatic heterocycles. The summed E-state index contributed by atoms with van der Waals surface area (Å²) >= 11 is 0. The van der Waals surface area contributed by atoms with Crippen LogP contribution in [0.15, 0.2) is 97.2 Å². The maximum atomic E-state index is 12.8. The Kier molecular flexibility index (Phi) is 52.9. The number of esters is 3. The smallest absolute Gasteiger partial charge is 0.306 e. The van der Waals surface area contributed by atoms with Gasteiger partial charge in [-0.25, -0.2) is 0 Å². The molecule has 388 valence electrons. The molecule has 1 unspecified atom stereocenters. The van der Waals surface area contributed by atoms with Gasteiger partial charge in [0.1, 0.15) is 13.2 Å². The Morgan fingerprint density at radius 3 is 0.926 bits per heavy atom. The second-order valence-electron chi connectivity index (χ2n) is 18.7. The fraction of sp³-hybridized carbons (Fsp3) is 0.694. The van der Waals surface area contributed by atoms with Crippen LogP contribution in [-0.2, 0) is 28.6 Å². The van der Waals surface area contributed by atoms with Crippen molar-refractivity contribution in [3.05, 3.63) is 97.2 Å². The molecule has 68 heavy (non-hydrogen) atoms. The van der Waals surface area contributed by atoms with Crippen LogP contribution in [0.2, 0.25) is 0 Å². The van der Waals surface area contributed by atoms with Crippen LogP contribution in [0.1, 0.15) is 258 Å². The molecule has 1 atom stereocenters. The maximum Gasteiger partial charge on any atom is 0.306 e. The van der Waals surface area contributed by atoms with Crippen LogP contribution in [0.4, 0.5) is 0 Å². The van der Waals surface area contributed by atoms with Gasteiger partial charge in [-0.15, -0.1) is 0 Å². The predicted octanol–water partition coefficient (Wildman–Crippen LogP) is 18.9. The van der Waals surface area contributed by atoms with E-state index in [1.807, 2.05) is 60.8 Å². The molecule has 0 fully saturated rings. The number of unbranched alkanes of at least 4 members (excludes halogenated alkanes) is 29. The Labute approximate surface area is 419 Å². The second-order valence-corrected chi connectivity index (χ2v) is 18.7. The zero-order valence-corrected chi connectivity index (χ0v) is 44.3. The Morgan fingerprint density at radius 1 is 0.309 bits per heavy atom. The number of rotatable bonds is 50. The minimum atomic E-state index is -0.807. The third-order valence-electron chi connectivity index (χ3n) is 12.0. The fourth-order valence-electron chi connectivity index (χ4n) is 7.76. The van der Waals surface area contributed by atoms with E-state index >= 15 is 0 Å². The summed E-state index contributed by atoms with van der Waals surface area (Å²) in [6.07, 6.45) is 73.9. The van der Waals surface area contributed by atoms with Crippen molar-refractivity contribution >= 4 is 17.9 Å². The van der Waals surface area contributed by atoms with Crippen molar-refractivity contribution in [2.75, 3.05) is 13.2 Å². The Morgan fingerprint density at radius 2 is 0.574 bits per heavy atom. The van der Waals surface area contributed by atoms with E-state index in [-0.39, 0.29) is 37.5 Å². The van der Waals surface area contributed by atoms with Crippen molar-refractivity contribution in [1.29, 1.82) is 0 Å². The van der Waals surface area contributed by atoms with Crippen LogP contribution in [0, 0.1) is 0 Å². The zero-order valence-electron chi connectivity index (χ0n) is 44.3. The lowest BCUT2D eigenvalue weighted by molar-refractivity contribution is -0.167. The molecule has 0 bridgehead atoms. The van der Waals surface area contributed by atoms with Gasteiger partial charge in [0.15, 0.2) is 6.10 Å². The van der Waals surface area contributed by atoms with E-state index < -0.39 is 6.10 Å². The average Bonchev–Trinajstić information content (AvgIpc) is 3.34. The third kappa shape index (κ3) is 53.3. The highest BCUT2D eigenvalue weighted by atomic mass is 16.6. The molecule has 0 aromatic carbocycles. The summed E-state index contributed by atoms with van der Waals surface area (Å²) in [4.78, 5) is 38.1. The topological polar surface area (TPSA) is 78.9 Å². The van der Waals surface area contributed by atoms with Crippen LogP contribution >= 0.6 is 0 Å². The van der Waals surface area contributed by atoms with Gasteiger partial charge >= 0.3 is 17.9 Å². The normalized spacial score (nSPS) is 12.8. The lowest BCUT2D eigenvalue weighted by Crippen LogP contribution is -2.30. The number of carbonyl (C=O) groups excluding carboxylic acids is 3. The van der Waals surface area contributed by atoms with Crippen LogP contribution < -0.4 is 0 Å². The van der Waals surface area contributed by atoms with Gasteiger partial charge in [0.25, 0.3) is 0 Å². The van der Waals surface area contributed by atoms with Gasteiger partial charge in [-0.05, 0) is 64.2 Å². The highest BCUT2D eigenvalue weighted by molar-refractivity contribution is 5.71. The van der Waals surface area contributed by atoms with E-state index in [0.717, 1.165) is 83.5 Å². The molecule has 0 aliphatic carbocycles. The summed E-state index contributed by atoms with van der Waals surface area (Å²) < 4.78 is 16.8. The Balaban J connectivity index is 4.50. The quantitative estimate of drug-likeness (QED) is 0.0262. The first kappa shape index (κ1) is 64.3. The summed E-state index contributed by atoms with van der Waals surface area (Å²) in [5.41, 5.74) is 0. The highest BCUT2D eigenvalue weighted by Crippen LogP contribution is 2.15. The zero-order chi connectivity index (χ0) is 49.3. The second kappa shape index (κ2) is 55.9. The predicted molar refractivity (Wildman–Crippen MR) is 293 cm³/mol. The molecule has 0 aromatic rings. The van der Waals surface area contributed by atoms with Crippen molar-refractivity contribution in [3.8, 4) is 0 Å². The first-order valence-electron chi connectivity index (χ1n) is 28.3. The molecular weight excluding hydrogens is 841 g/mol. The third-order valence-corrected chi connectivity index (χ3v) is 12.0. The van der Waals surface area contributed by atoms with Gasteiger partial charge < -0.3 is 14.2 Å². The molecule has 0 heterocycles. The lowest BCUT2D eigenvalue weighted by atomic mass is 10.0. The lowest BCUT2D eigenvalue weighted by Gasteiger charge is -2.18. The first-order chi connectivity index (χ1) is 33.5. The molecule has 0 aliphatic heterocycles. The van der Waals surface area contributed by atoms with Crippen molar-refractivity contribution in [3.63, 3.8) is 0 Å². The minimum absolute atomic E-state index is 0.0997. The number of hydrogen-bond acceptors (Lipinski definition) is 6. The summed E-state index contributed by atoms with van der Waals surface area (Å²) in [5.74, 6) is -0.955. The van der Waals surface area contributed by atoms with Gasteiger partial charge in [0.05, 0.1) is 0 Å². The monoisotopic (exact) mass is 945 g/mol. The van der Waals surface area contributed by atoms with Gasteiger partial charge in [0.2, 0.25) is 0 Å². The van der Waals surface area contributed by atoms with Gasteiger partial charge in [0, 0.05) is 19.3 Å². The fourth-order valence-corrected chi connectivity index (χ4v) is 7.76. The molecular formula is C62H104O6. The Bertz CT molecular complexity index is 1360. The Hall–Kier alpha value is -3.67. The number of carbonyl (C=O) groups is 3. The molecule has 0 N–H and O–H groups in total. The van der Waals surface area contributed by atoms with Crippen LogP contribution in [0.3, 0.4) is 0 Å². The first-order valence-corrected chi connectivity index (χ1v) is 28.3. The summed E-state index contributed by atoms with van der Waals surface area (Å²) in [6, 6.07) is 0. The summed E-state index contributed by atoms with van der Waals surface area (Å²) in [6.45, 7) is 6.45. The molecule has 0 saturated carbocycles. The average molecular weight is 946 g/mol. The van der Waals surface area contributed by atoms with Crippen molar-refractivity contribution in [1.82, 2.24) is 0 Å². The van der Waals surface area contributed by atoms with Gasteiger partial charge in [-0.1, -0.05) is 272 Å².